The van der Waals surface area contributed by atoms with E-state index in [2.05, 4.69) is 42.3 Å². The van der Waals surface area contributed by atoms with Crippen molar-refractivity contribution >= 4 is 49.4 Å². The molecular formula is C18H16Br2ClN3O3. The van der Waals surface area contributed by atoms with Crippen LogP contribution >= 0.6 is 43.5 Å². The summed E-state index contributed by atoms with van der Waals surface area (Å²) in [7, 11) is 0. The zero-order valence-corrected chi connectivity index (χ0v) is 18.3. The van der Waals surface area contributed by atoms with Crippen molar-refractivity contribution in [2.75, 3.05) is 0 Å². The number of hydrogen-bond acceptors (Lipinski definition) is 4. The molecule has 1 N–H and O–H groups in total. The lowest BCUT2D eigenvalue weighted by Gasteiger charge is -2.07. The SMILES string of the molecule is CCn1ncc(Br)c1CNC(=O)c1ccc(COc2ccc(Br)cc2Cl)o1. The molecule has 0 saturated carbocycles. The van der Waals surface area contributed by atoms with E-state index in [0.717, 1.165) is 21.2 Å². The highest BCUT2D eigenvalue weighted by atomic mass is 79.9. The zero-order chi connectivity index (χ0) is 19.4. The van der Waals surface area contributed by atoms with Crippen LogP contribution in [0.15, 0.2) is 49.9 Å². The quantitative estimate of drug-likeness (QED) is 0.469. The van der Waals surface area contributed by atoms with Crippen LogP contribution in [0.2, 0.25) is 5.02 Å². The molecule has 0 fully saturated rings. The average molecular weight is 518 g/mol. The van der Waals surface area contributed by atoms with E-state index >= 15 is 0 Å². The lowest BCUT2D eigenvalue weighted by molar-refractivity contribution is 0.0918. The van der Waals surface area contributed by atoms with Crippen molar-refractivity contribution in [1.29, 1.82) is 0 Å². The molecule has 27 heavy (non-hydrogen) atoms. The molecule has 0 spiro atoms. The Bertz CT molecular complexity index is 955. The molecule has 0 aliphatic rings. The maximum absolute atomic E-state index is 12.3. The lowest BCUT2D eigenvalue weighted by atomic mass is 10.3. The van der Waals surface area contributed by atoms with Gasteiger partial charge in [-0.05, 0) is 53.2 Å². The van der Waals surface area contributed by atoms with Gasteiger partial charge in [-0.3, -0.25) is 9.48 Å². The normalized spacial score (nSPS) is 10.8. The van der Waals surface area contributed by atoms with Crippen LogP contribution in [0.25, 0.3) is 0 Å². The number of ether oxygens (including phenoxy) is 1. The molecular weight excluding hydrogens is 501 g/mol. The van der Waals surface area contributed by atoms with Crippen LogP contribution < -0.4 is 10.1 Å². The molecule has 9 heteroatoms. The molecule has 1 aromatic carbocycles. The first kappa shape index (κ1) is 20.0. The minimum Gasteiger partial charge on any atom is -0.484 e. The number of carbonyl (C=O) groups is 1. The number of benzene rings is 1. The number of carbonyl (C=O) groups excluding carboxylic acids is 1. The molecule has 2 heterocycles. The highest BCUT2D eigenvalue weighted by molar-refractivity contribution is 9.10. The summed E-state index contributed by atoms with van der Waals surface area (Å²) in [6, 6.07) is 8.66. The van der Waals surface area contributed by atoms with Gasteiger partial charge in [0.05, 0.1) is 27.9 Å². The van der Waals surface area contributed by atoms with Gasteiger partial charge in [-0.1, -0.05) is 27.5 Å². The largest absolute Gasteiger partial charge is 0.484 e. The Kier molecular flexibility index (Phi) is 6.62. The first-order valence-corrected chi connectivity index (χ1v) is 10.1. The van der Waals surface area contributed by atoms with Crippen molar-refractivity contribution in [1.82, 2.24) is 15.1 Å². The highest BCUT2D eigenvalue weighted by Gasteiger charge is 2.14. The number of aryl methyl sites for hydroxylation is 1. The molecule has 0 saturated heterocycles. The van der Waals surface area contributed by atoms with Crippen molar-refractivity contribution in [3.05, 3.63) is 67.7 Å². The summed E-state index contributed by atoms with van der Waals surface area (Å²) in [5, 5.41) is 7.54. The van der Waals surface area contributed by atoms with E-state index in [1.54, 1.807) is 30.5 Å². The molecule has 0 aliphatic heterocycles. The Hall–Kier alpha value is -1.77. The van der Waals surface area contributed by atoms with Gasteiger partial charge in [0.2, 0.25) is 0 Å². The van der Waals surface area contributed by atoms with Crippen molar-refractivity contribution in [3.63, 3.8) is 0 Å². The van der Waals surface area contributed by atoms with Gasteiger partial charge in [0.1, 0.15) is 18.1 Å². The molecule has 0 radical (unpaired) electrons. The zero-order valence-electron chi connectivity index (χ0n) is 14.3. The summed E-state index contributed by atoms with van der Waals surface area (Å²) < 4.78 is 14.7. The van der Waals surface area contributed by atoms with E-state index in [-0.39, 0.29) is 18.3 Å². The molecule has 0 unspecified atom stereocenters. The number of rotatable bonds is 7. The number of aromatic nitrogens is 2. The minimum atomic E-state index is -0.307. The number of hydrogen-bond donors (Lipinski definition) is 1. The van der Waals surface area contributed by atoms with E-state index < -0.39 is 0 Å². The van der Waals surface area contributed by atoms with Gasteiger partial charge in [-0.2, -0.15) is 5.10 Å². The Balaban J connectivity index is 1.58. The van der Waals surface area contributed by atoms with Crippen molar-refractivity contribution in [2.24, 2.45) is 0 Å². The Morgan fingerprint density at radius 3 is 2.89 bits per heavy atom. The van der Waals surface area contributed by atoms with Crippen LogP contribution in [0.1, 0.15) is 28.9 Å². The van der Waals surface area contributed by atoms with Gasteiger partial charge in [0.15, 0.2) is 5.76 Å². The summed E-state index contributed by atoms with van der Waals surface area (Å²) >= 11 is 12.9. The number of nitrogens with one attached hydrogen (secondary N) is 1. The Morgan fingerprint density at radius 2 is 2.15 bits per heavy atom. The number of amides is 1. The standard InChI is InChI=1S/C18H16Br2ClN3O3/c1-2-24-15(13(20)8-23-24)9-22-18(25)17-6-4-12(27-17)10-26-16-5-3-11(19)7-14(16)21/h3-8H,2,9-10H2,1H3,(H,22,25). The summed E-state index contributed by atoms with van der Waals surface area (Å²) in [6.45, 7) is 3.22. The van der Waals surface area contributed by atoms with Gasteiger partial charge in [0, 0.05) is 11.0 Å². The first-order chi connectivity index (χ1) is 13.0. The third-order valence-corrected chi connectivity index (χ3v) is 5.21. The van der Waals surface area contributed by atoms with Crippen LogP contribution in [0.3, 0.4) is 0 Å². The molecule has 142 valence electrons. The summed E-state index contributed by atoms with van der Waals surface area (Å²) in [4.78, 5) is 12.3. The second kappa shape index (κ2) is 8.95. The maximum Gasteiger partial charge on any atom is 0.287 e. The van der Waals surface area contributed by atoms with Crippen LogP contribution in [-0.4, -0.2) is 15.7 Å². The molecule has 3 aromatic rings. The van der Waals surface area contributed by atoms with Gasteiger partial charge in [-0.25, -0.2) is 0 Å². The monoisotopic (exact) mass is 515 g/mol. The summed E-state index contributed by atoms with van der Waals surface area (Å²) in [5.41, 5.74) is 0.894. The van der Waals surface area contributed by atoms with Gasteiger partial charge in [-0.15, -0.1) is 0 Å². The Labute approximate surface area is 178 Å². The fraction of sp³-hybridized carbons (Fsp3) is 0.222. The minimum absolute atomic E-state index is 0.169. The second-order valence-corrected chi connectivity index (χ2v) is 7.74. The topological polar surface area (TPSA) is 69.3 Å². The fourth-order valence-electron chi connectivity index (χ4n) is 2.41. The predicted molar refractivity (Wildman–Crippen MR) is 109 cm³/mol. The molecule has 2 aromatic heterocycles. The third-order valence-electron chi connectivity index (χ3n) is 3.76. The van der Waals surface area contributed by atoms with E-state index in [1.807, 2.05) is 17.7 Å². The van der Waals surface area contributed by atoms with Crippen LogP contribution in [-0.2, 0) is 19.7 Å². The number of halogens is 3. The maximum atomic E-state index is 12.3. The average Bonchev–Trinajstić information content (AvgIpc) is 3.25. The highest BCUT2D eigenvalue weighted by Crippen LogP contribution is 2.28. The van der Waals surface area contributed by atoms with Gasteiger partial charge in [0.25, 0.3) is 5.91 Å². The van der Waals surface area contributed by atoms with Crippen molar-refractivity contribution in [3.8, 4) is 5.75 Å². The van der Waals surface area contributed by atoms with Crippen molar-refractivity contribution < 1.29 is 13.9 Å². The van der Waals surface area contributed by atoms with Gasteiger partial charge >= 0.3 is 0 Å². The lowest BCUT2D eigenvalue weighted by Crippen LogP contribution is -2.24. The smallest absolute Gasteiger partial charge is 0.287 e. The molecule has 0 bridgehead atoms. The van der Waals surface area contributed by atoms with Gasteiger partial charge < -0.3 is 14.5 Å². The molecule has 3 rings (SSSR count). The van der Waals surface area contributed by atoms with E-state index in [4.69, 9.17) is 20.8 Å². The number of furan rings is 1. The summed E-state index contributed by atoms with van der Waals surface area (Å²) in [6.07, 6.45) is 1.71. The van der Waals surface area contributed by atoms with Crippen LogP contribution in [0.5, 0.6) is 5.75 Å². The van der Waals surface area contributed by atoms with E-state index in [1.165, 1.54) is 0 Å². The van der Waals surface area contributed by atoms with Crippen molar-refractivity contribution in [2.45, 2.75) is 26.6 Å². The Morgan fingerprint density at radius 1 is 1.33 bits per heavy atom. The first-order valence-electron chi connectivity index (χ1n) is 8.13. The third kappa shape index (κ3) is 4.94. The molecule has 0 aliphatic carbocycles. The van der Waals surface area contributed by atoms with E-state index in [0.29, 0.717) is 23.1 Å². The van der Waals surface area contributed by atoms with E-state index in [9.17, 15) is 4.79 Å². The molecule has 6 nitrogen and oxygen atoms in total. The fourth-order valence-corrected chi connectivity index (χ4v) is 3.57. The summed E-state index contributed by atoms with van der Waals surface area (Å²) in [5.74, 6) is 0.978. The molecule has 1 amide bonds. The number of nitrogens with zero attached hydrogens (tertiary/aromatic N) is 2. The van der Waals surface area contributed by atoms with Crippen LogP contribution in [0, 0.1) is 0 Å². The second-order valence-electron chi connectivity index (χ2n) is 5.57. The predicted octanol–water partition coefficient (Wildman–Crippen LogP) is 5.18. The molecule has 0 atom stereocenters. The van der Waals surface area contributed by atoms with Crippen LogP contribution in [0.4, 0.5) is 0 Å².